The molecule has 6 rings (SSSR count). The van der Waals surface area contributed by atoms with E-state index in [-0.39, 0.29) is 5.60 Å². The Hall–Kier alpha value is -2.64. The van der Waals surface area contributed by atoms with Gasteiger partial charge in [0.1, 0.15) is 0 Å². The van der Waals surface area contributed by atoms with E-state index < -0.39 is 5.76 Å². The summed E-state index contributed by atoms with van der Waals surface area (Å²) in [6.45, 7) is 7.41. The number of benzene rings is 1. The number of aromatic nitrogens is 3. The van der Waals surface area contributed by atoms with E-state index in [9.17, 15) is 4.79 Å². The average Bonchev–Trinajstić information content (AvgIpc) is 3.17. The van der Waals surface area contributed by atoms with E-state index in [2.05, 4.69) is 70.8 Å². The predicted molar refractivity (Wildman–Crippen MR) is 134 cm³/mol. The summed E-state index contributed by atoms with van der Waals surface area (Å²) in [4.78, 5) is 16.5. The summed E-state index contributed by atoms with van der Waals surface area (Å²) >= 11 is 0. The molecule has 184 valence electrons. The van der Waals surface area contributed by atoms with Crippen LogP contribution in [0.4, 0.5) is 0 Å². The van der Waals surface area contributed by atoms with Crippen LogP contribution in [0.1, 0.15) is 88.2 Å². The van der Waals surface area contributed by atoms with Gasteiger partial charge in [0.2, 0.25) is 0 Å². The number of aliphatic hydroxyl groups is 1. The molecule has 1 aromatic carbocycles. The molecule has 3 fully saturated rings. The van der Waals surface area contributed by atoms with Gasteiger partial charge in [0.25, 0.3) is 0 Å². The fourth-order valence-corrected chi connectivity index (χ4v) is 4.87. The normalized spacial score (nSPS) is 24.9. The maximum absolute atomic E-state index is 10.4. The quantitative estimate of drug-likeness (QED) is 0.472. The van der Waals surface area contributed by atoms with Gasteiger partial charge in [-0.05, 0) is 94.0 Å². The molecule has 7 heteroatoms. The van der Waals surface area contributed by atoms with Gasteiger partial charge in [0.05, 0.1) is 5.60 Å². The molecular weight excluding hydrogens is 430 g/mol. The number of hydrogen-bond donors (Lipinski definition) is 3. The van der Waals surface area contributed by atoms with Crippen LogP contribution in [-0.2, 0) is 4.74 Å². The molecule has 3 aromatic rings. The molecule has 2 saturated carbocycles. The standard InChI is InChI=1S/C20H25NO.C6H8N2O2.CH4O/c1-20(2)13-16(8-9-22-20)15-6-7-19-17(11-15)12-18(21-19)10-14-4-3-5-14;1-3-2-4(3)5-7-6(9)10-8-5;1-2/h6-7,10-12,16,21H,3-5,8-9,13H2,1-2H3;3-4H,2H2,1H3,(H,7,8,9);2H,1H3. The Morgan fingerprint density at radius 2 is 1.94 bits per heavy atom. The summed E-state index contributed by atoms with van der Waals surface area (Å²) in [5.74, 6) is 1.97. The van der Waals surface area contributed by atoms with Crippen molar-refractivity contribution < 1.29 is 14.4 Å². The molecule has 3 heterocycles. The van der Waals surface area contributed by atoms with Gasteiger partial charge in [-0.3, -0.25) is 9.51 Å². The Kier molecular flexibility index (Phi) is 7.43. The lowest BCUT2D eigenvalue weighted by molar-refractivity contribution is -0.0592. The first kappa shape index (κ1) is 24.5. The van der Waals surface area contributed by atoms with Crippen molar-refractivity contribution in [3.8, 4) is 0 Å². The van der Waals surface area contributed by atoms with Crippen molar-refractivity contribution in [2.45, 2.75) is 76.7 Å². The lowest BCUT2D eigenvalue weighted by Gasteiger charge is -2.35. The van der Waals surface area contributed by atoms with Crippen molar-refractivity contribution in [2.24, 2.45) is 5.92 Å². The van der Waals surface area contributed by atoms with Gasteiger partial charge in [0.15, 0.2) is 5.82 Å². The third kappa shape index (κ3) is 5.88. The molecule has 3 unspecified atom stereocenters. The number of hydrogen-bond acceptors (Lipinski definition) is 5. The number of H-pyrrole nitrogens is 2. The minimum atomic E-state index is -0.450. The number of allylic oxidation sites excluding steroid dienone is 1. The molecule has 0 radical (unpaired) electrons. The van der Waals surface area contributed by atoms with E-state index in [0.29, 0.717) is 23.6 Å². The summed E-state index contributed by atoms with van der Waals surface area (Å²) in [6.07, 6.45) is 9.60. The van der Waals surface area contributed by atoms with Gasteiger partial charge < -0.3 is 14.8 Å². The monoisotopic (exact) mass is 467 g/mol. The predicted octanol–water partition coefficient (Wildman–Crippen LogP) is 5.50. The van der Waals surface area contributed by atoms with Gasteiger partial charge in [-0.15, -0.1) is 0 Å². The highest BCUT2D eigenvalue weighted by atomic mass is 16.5. The number of ether oxygens (including phenoxy) is 1. The highest BCUT2D eigenvalue weighted by molar-refractivity contribution is 5.83. The van der Waals surface area contributed by atoms with E-state index >= 15 is 0 Å². The maximum atomic E-state index is 10.4. The SMILES string of the molecule is CC1(C)CC(c2ccc3[nH]c(C=C4CCC4)cc3c2)CCO1.CC1CC1c1noc(=O)[nH]1.CO. The van der Waals surface area contributed by atoms with Crippen molar-refractivity contribution in [2.75, 3.05) is 13.7 Å². The van der Waals surface area contributed by atoms with E-state index in [1.165, 1.54) is 41.4 Å². The second kappa shape index (κ2) is 10.3. The Morgan fingerprint density at radius 3 is 2.53 bits per heavy atom. The van der Waals surface area contributed by atoms with E-state index in [1.54, 1.807) is 5.57 Å². The van der Waals surface area contributed by atoms with Crippen LogP contribution in [0.25, 0.3) is 17.0 Å². The Labute approximate surface area is 200 Å². The average molecular weight is 468 g/mol. The van der Waals surface area contributed by atoms with Crippen LogP contribution >= 0.6 is 0 Å². The molecule has 0 bridgehead atoms. The van der Waals surface area contributed by atoms with Gasteiger partial charge >= 0.3 is 5.76 Å². The number of nitrogens with one attached hydrogen (secondary N) is 2. The number of nitrogens with zero attached hydrogens (tertiary/aromatic N) is 1. The van der Waals surface area contributed by atoms with Gasteiger partial charge in [-0.25, -0.2) is 4.79 Å². The van der Waals surface area contributed by atoms with Crippen molar-refractivity contribution in [1.29, 1.82) is 0 Å². The van der Waals surface area contributed by atoms with Crippen LogP contribution in [0.2, 0.25) is 0 Å². The molecule has 2 aromatic heterocycles. The molecule has 7 nitrogen and oxygen atoms in total. The van der Waals surface area contributed by atoms with Crippen LogP contribution in [0.3, 0.4) is 0 Å². The minimum Gasteiger partial charge on any atom is -0.400 e. The van der Waals surface area contributed by atoms with E-state index in [0.717, 1.165) is 33.0 Å². The van der Waals surface area contributed by atoms with Crippen LogP contribution in [-0.4, -0.2) is 39.5 Å². The first-order valence-electron chi connectivity index (χ1n) is 12.3. The lowest BCUT2D eigenvalue weighted by Crippen LogP contribution is -2.32. The van der Waals surface area contributed by atoms with Gasteiger partial charge in [-0.1, -0.05) is 23.7 Å². The highest BCUT2D eigenvalue weighted by Crippen LogP contribution is 2.44. The third-order valence-electron chi connectivity index (χ3n) is 7.11. The third-order valence-corrected chi connectivity index (χ3v) is 7.11. The summed E-state index contributed by atoms with van der Waals surface area (Å²) < 4.78 is 10.2. The fraction of sp³-hybridized carbons (Fsp3) is 0.556. The molecule has 3 aliphatic rings. The Balaban J connectivity index is 0.000000190. The molecule has 0 spiro atoms. The van der Waals surface area contributed by atoms with Crippen LogP contribution < -0.4 is 5.76 Å². The summed E-state index contributed by atoms with van der Waals surface area (Å²) in [5, 5.41) is 11.9. The zero-order valence-corrected chi connectivity index (χ0v) is 20.7. The van der Waals surface area contributed by atoms with Crippen molar-refractivity contribution in [3.63, 3.8) is 0 Å². The van der Waals surface area contributed by atoms with Crippen LogP contribution in [0, 0.1) is 5.92 Å². The summed E-state index contributed by atoms with van der Waals surface area (Å²) in [6, 6.07) is 9.22. The fourth-order valence-electron chi connectivity index (χ4n) is 4.87. The molecule has 3 N–H and O–H groups in total. The number of aromatic amines is 2. The van der Waals surface area contributed by atoms with Crippen molar-refractivity contribution in [3.05, 3.63) is 57.5 Å². The van der Waals surface area contributed by atoms with Crippen LogP contribution in [0.15, 0.2) is 39.2 Å². The second-order valence-corrected chi connectivity index (χ2v) is 10.3. The second-order valence-electron chi connectivity index (χ2n) is 10.3. The zero-order valence-electron chi connectivity index (χ0n) is 20.7. The molecule has 1 aliphatic heterocycles. The highest BCUT2D eigenvalue weighted by Gasteiger charge is 2.37. The topological polar surface area (TPSA) is 104 Å². The molecule has 2 aliphatic carbocycles. The van der Waals surface area contributed by atoms with Gasteiger partial charge in [0, 0.05) is 36.2 Å². The molecule has 0 amide bonds. The van der Waals surface area contributed by atoms with Gasteiger partial charge in [-0.2, -0.15) is 0 Å². The molecular formula is C27H37N3O4. The van der Waals surface area contributed by atoms with E-state index in [1.807, 2.05) is 0 Å². The number of aliphatic hydroxyl groups excluding tert-OH is 1. The summed E-state index contributed by atoms with van der Waals surface area (Å²) in [7, 11) is 1.00. The van der Waals surface area contributed by atoms with Crippen molar-refractivity contribution >= 4 is 17.0 Å². The molecule has 34 heavy (non-hydrogen) atoms. The molecule has 1 saturated heterocycles. The minimum absolute atomic E-state index is 0.00974. The largest absolute Gasteiger partial charge is 0.438 e. The smallest absolute Gasteiger partial charge is 0.400 e. The maximum Gasteiger partial charge on any atom is 0.438 e. The molecule has 3 atom stereocenters. The van der Waals surface area contributed by atoms with Crippen molar-refractivity contribution in [1.82, 2.24) is 15.1 Å². The Morgan fingerprint density at radius 1 is 1.18 bits per heavy atom. The summed E-state index contributed by atoms with van der Waals surface area (Å²) in [5.41, 5.74) is 5.56. The van der Waals surface area contributed by atoms with Crippen LogP contribution in [0.5, 0.6) is 0 Å². The number of fused-ring (bicyclic) bond motifs is 1. The first-order chi connectivity index (χ1) is 16.4. The number of rotatable bonds is 3. The zero-order chi connectivity index (χ0) is 24.3. The lowest BCUT2D eigenvalue weighted by atomic mass is 9.83. The Bertz CT molecular complexity index is 1180. The first-order valence-corrected chi connectivity index (χ1v) is 12.3. The van der Waals surface area contributed by atoms with E-state index in [4.69, 9.17) is 9.84 Å².